The largest absolute Gasteiger partial charge is 0.394 e. The maximum absolute atomic E-state index is 12.4. The summed E-state index contributed by atoms with van der Waals surface area (Å²) in [6, 6.07) is -0.739. The Morgan fingerprint density at radius 3 is 0.982 bits per heavy atom. The quantitative estimate of drug-likeness (QED) is 0.0366. The fraction of sp³-hybridized carbons (Fsp3) is 0.940. The monoisotopic (exact) mass is 778 g/mol. The molecule has 0 unspecified atom stereocenters. The molecule has 1 amide bonds. The topological polar surface area (TPSA) is 89.8 Å². The summed E-state index contributed by atoms with van der Waals surface area (Å²) < 4.78 is 0. The average molecular weight is 778 g/mol. The SMILES string of the molecule is CCCCCCCCCCCCCCCCCCCCCCCCCCCCCCCC(=O)N[C@@H](CO)[C@H](O)/C=C/[C@H](O)CCCCCCCCCCCC. The molecule has 0 aromatic heterocycles. The van der Waals surface area contributed by atoms with E-state index in [2.05, 4.69) is 19.2 Å². The van der Waals surface area contributed by atoms with E-state index in [0.717, 1.165) is 25.7 Å². The van der Waals surface area contributed by atoms with Crippen LogP contribution in [-0.4, -0.2) is 46.1 Å². The molecule has 4 N–H and O–H groups in total. The summed E-state index contributed by atoms with van der Waals surface area (Å²) in [6.07, 6.45) is 55.2. The number of aliphatic hydroxyl groups is 3. The molecule has 0 aliphatic rings. The third kappa shape index (κ3) is 42.5. The van der Waals surface area contributed by atoms with Gasteiger partial charge in [0, 0.05) is 6.42 Å². The summed E-state index contributed by atoms with van der Waals surface area (Å²) in [5.74, 6) is -0.123. The van der Waals surface area contributed by atoms with Gasteiger partial charge in [-0.25, -0.2) is 0 Å². The number of amides is 1. The molecule has 0 spiro atoms. The molecule has 0 radical (unpaired) electrons. The van der Waals surface area contributed by atoms with E-state index in [1.54, 1.807) is 6.08 Å². The molecular formula is C50H99NO4. The number of unbranched alkanes of at least 4 members (excludes halogenated alkanes) is 37. The molecule has 5 nitrogen and oxygen atoms in total. The molecule has 0 aromatic rings. The summed E-state index contributed by atoms with van der Waals surface area (Å²) in [5.41, 5.74) is 0. The summed E-state index contributed by atoms with van der Waals surface area (Å²) in [5, 5.41) is 33.2. The van der Waals surface area contributed by atoms with Gasteiger partial charge in [0.1, 0.15) is 0 Å². The van der Waals surface area contributed by atoms with E-state index in [9.17, 15) is 20.1 Å². The van der Waals surface area contributed by atoms with E-state index in [4.69, 9.17) is 0 Å². The molecule has 3 atom stereocenters. The Morgan fingerprint density at radius 1 is 0.418 bits per heavy atom. The van der Waals surface area contributed by atoms with Gasteiger partial charge < -0.3 is 20.6 Å². The maximum Gasteiger partial charge on any atom is 0.220 e. The van der Waals surface area contributed by atoms with E-state index in [-0.39, 0.29) is 12.5 Å². The summed E-state index contributed by atoms with van der Waals surface area (Å²) in [4.78, 5) is 12.4. The average Bonchev–Trinajstić information content (AvgIpc) is 3.19. The maximum atomic E-state index is 12.4. The molecule has 0 aliphatic carbocycles. The lowest BCUT2D eigenvalue weighted by atomic mass is 10.0. The minimum atomic E-state index is -1.01. The molecular weight excluding hydrogens is 679 g/mol. The zero-order valence-electron chi connectivity index (χ0n) is 37.3. The number of rotatable bonds is 46. The lowest BCUT2D eigenvalue weighted by molar-refractivity contribution is -0.123. The Morgan fingerprint density at radius 2 is 0.691 bits per heavy atom. The van der Waals surface area contributed by atoms with E-state index >= 15 is 0 Å². The smallest absolute Gasteiger partial charge is 0.220 e. The second kappa shape index (κ2) is 45.8. The van der Waals surface area contributed by atoms with Crippen LogP contribution in [0.25, 0.3) is 0 Å². The molecule has 0 heterocycles. The van der Waals surface area contributed by atoms with Crippen LogP contribution in [0, 0.1) is 0 Å². The molecule has 0 saturated heterocycles. The highest BCUT2D eigenvalue weighted by molar-refractivity contribution is 5.76. The number of aliphatic hydroxyl groups excluding tert-OH is 3. The number of carbonyl (C=O) groups excluding carboxylic acids is 1. The molecule has 0 saturated carbocycles. The van der Waals surface area contributed by atoms with Gasteiger partial charge in [-0.2, -0.15) is 0 Å². The number of carbonyl (C=O) groups is 1. The van der Waals surface area contributed by atoms with Crippen LogP contribution in [0.1, 0.15) is 277 Å². The third-order valence-electron chi connectivity index (χ3n) is 11.8. The molecule has 0 aliphatic heterocycles. The fourth-order valence-corrected chi connectivity index (χ4v) is 7.96. The van der Waals surface area contributed by atoms with Gasteiger partial charge >= 0.3 is 0 Å². The van der Waals surface area contributed by atoms with Crippen molar-refractivity contribution in [3.8, 4) is 0 Å². The van der Waals surface area contributed by atoms with Crippen LogP contribution in [0.3, 0.4) is 0 Å². The van der Waals surface area contributed by atoms with Gasteiger partial charge in [-0.05, 0) is 12.8 Å². The van der Waals surface area contributed by atoms with Crippen LogP contribution in [-0.2, 0) is 4.79 Å². The van der Waals surface area contributed by atoms with Crippen molar-refractivity contribution in [1.82, 2.24) is 5.32 Å². The Bertz CT molecular complexity index is 773. The zero-order chi connectivity index (χ0) is 40.1. The Hall–Kier alpha value is -0.910. The van der Waals surface area contributed by atoms with Gasteiger partial charge in [0.2, 0.25) is 5.91 Å². The zero-order valence-corrected chi connectivity index (χ0v) is 37.3. The van der Waals surface area contributed by atoms with Crippen LogP contribution in [0.2, 0.25) is 0 Å². The number of hydrogen-bond acceptors (Lipinski definition) is 4. The van der Waals surface area contributed by atoms with Gasteiger partial charge in [0.25, 0.3) is 0 Å². The van der Waals surface area contributed by atoms with Crippen molar-refractivity contribution in [1.29, 1.82) is 0 Å². The standard InChI is InChI=1S/C50H99NO4/c1-3-5-7-9-11-13-15-16-17-18-19-20-21-22-23-24-25-26-27-28-29-30-31-32-33-35-37-39-41-43-50(55)51-48(46-52)49(54)45-44-47(53)42-40-38-36-34-14-12-10-8-6-4-2/h44-45,47-49,52-54H,3-43,46H2,1-2H3,(H,51,55)/b45-44+/t47-,48+,49-/m1/s1. The highest BCUT2D eigenvalue weighted by atomic mass is 16.3. The van der Waals surface area contributed by atoms with Gasteiger partial charge in [-0.3, -0.25) is 4.79 Å². The van der Waals surface area contributed by atoms with Gasteiger partial charge in [0.15, 0.2) is 0 Å². The molecule has 328 valence electrons. The molecule has 5 heteroatoms. The first-order valence-electron chi connectivity index (χ1n) is 25.0. The van der Waals surface area contributed by atoms with Crippen molar-refractivity contribution in [2.24, 2.45) is 0 Å². The normalized spacial score (nSPS) is 13.5. The van der Waals surface area contributed by atoms with Crippen molar-refractivity contribution < 1.29 is 20.1 Å². The van der Waals surface area contributed by atoms with Gasteiger partial charge in [-0.1, -0.05) is 270 Å². The van der Waals surface area contributed by atoms with Crippen molar-refractivity contribution in [3.63, 3.8) is 0 Å². The third-order valence-corrected chi connectivity index (χ3v) is 11.8. The van der Waals surface area contributed by atoms with Crippen LogP contribution >= 0.6 is 0 Å². The van der Waals surface area contributed by atoms with E-state index in [1.165, 1.54) is 231 Å². The Kier molecular flexibility index (Phi) is 45.0. The van der Waals surface area contributed by atoms with Crippen LogP contribution < -0.4 is 5.32 Å². The second-order valence-corrected chi connectivity index (χ2v) is 17.4. The fourth-order valence-electron chi connectivity index (χ4n) is 7.96. The summed E-state index contributed by atoms with van der Waals surface area (Å²) in [6.45, 7) is 4.22. The van der Waals surface area contributed by atoms with E-state index in [1.807, 2.05) is 0 Å². The lowest BCUT2D eigenvalue weighted by Crippen LogP contribution is -2.45. The highest BCUT2D eigenvalue weighted by Crippen LogP contribution is 2.17. The first-order chi connectivity index (χ1) is 27.0. The number of hydrogen-bond donors (Lipinski definition) is 4. The van der Waals surface area contributed by atoms with E-state index < -0.39 is 18.2 Å². The minimum absolute atomic E-state index is 0.123. The van der Waals surface area contributed by atoms with Crippen LogP contribution in [0.4, 0.5) is 0 Å². The molecule has 0 aromatic carbocycles. The van der Waals surface area contributed by atoms with Crippen LogP contribution in [0.15, 0.2) is 12.2 Å². The Labute approximate surface area is 344 Å². The molecule has 55 heavy (non-hydrogen) atoms. The summed E-state index contributed by atoms with van der Waals surface area (Å²) in [7, 11) is 0. The van der Waals surface area contributed by atoms with Crippen molar-refractivity contribution >= 4 is 5.91 Å². The molecule has 0 bridgehead atoms. The second-order valence-electron chi connectivity index (χ2n) is 17.4. The van der Waals surface area contributed by atoms with Crippen molar-refractivity contribution in [2.75, 3.05) is 6.61 Å². The minimum Gasteiger partial charge on any atom is -0.394 e. The van der Waals surface area contributed by atoms with Crippen molar-refractivity contribution in [2.45, 2.75) is 295 Å². The van der Waals surface area contributed by atoms with E-state index in [0.29, 0.717) is 12.8 Å². The molecule has 0 rings (SSSR count). The van der Waals surface area contributed by atoms with Gasteiger partial charge in [0.05, 0.1) is 24.9 Å². The van der Waals surface area contributed by atoms with Gasteiger partial charge in [-0.15, -0.1) is 0 Å². The predicted octanol–water partition coefficient (Wildman–Crippen LogP) is 14.8. The first-order valence-corrected chi connectivity index (χ1v) is 25.0. The van der Waals surface area contributed by atoms with Crippen molar-refractivity contribution in [3.05, 3.63) is 12.2 Å². The lowest BCUT2D eigenvalue weighted by Gasteiger charge is -2.20. The summed E-state index contributed by atoms with van der Waals surface area (Å²) >= 11 is 0. The highest BCUT2D eigenvalue weighted by Gasteiger charge is 2.18. The van der Waals surface area contributed by atoms with Crippen LogP contribution in [0.5, 0.6) is 0 Å². The Balaban J connectivity index is 3.49. The first kappa shape index (κ1) is 54.1. The number of nitrogens with one attached hydrogen (secondary N) is 1. The molecule has 0 fully saturated rings. The predicted molar refractivity (Wildman–Crippen MR) is 241 cm³/mol.